The first-order valence-corrected chi connectivity index (χ1v) is 5.05. The first kappa shape index (κ1) is 9.05. The molecule has 1 saturated heterocycles. The molecule has 11 heavy (non-hydrogen) atoms. The lowest BCUT2D eigenvalue weighted by atomic mass is 9.75. The van der Waals surface area contributed by atoms with E-state index >= 15 is 0 Å². The summed E-state index contributed by atoms with van der Waals surface area (Å²) in [5.41, 5.74) is 0.708. The highest BCUT2D eigenvalue weighted by Crippen LogP contribution is 2.44. The van der Waals surface area contributed by atoms with Gasteiger partial charge in [0.1, 0.15) is 0 Å². The van der Waals surface area contributed by atoms with Crippen LogP contribution in [0.1, 0.15) is 46.0 Å². The molecule has 1 nitrogen and oxygen atoms in total. The molecule has 0 radical (unpaired) electrons. The lowest BCUT2D eigenvalue weighted by Gasteiger charge is -2.44. The van der Waals surface area contributed by atoms with E-state index in [4.69, 9.17) is 0 Å². The Labute approximate surface area is 70.8 Å². The third kappa shape index (κ3) is 1.44. The SMILES string of the molecule is CC.CN1CCCC12CCC2. The lowest BCUT2D eigenvalue weighted by molar-refractivity contribution is 0.0802. The van der Waals surface area contributed by atoms with Crippen LogP contribution in [0.4, 0.5) is 0 Å². The normalized spacial score (nSPS) is 27.5. The molecule has 1 spiro atoms. The van der Waals surface area contributed by atoms with E-state index in [-0.39, 0.29) is 0 Å². The van der Waals surface area contributed by atoms with Gasteiger partial charge in [0.05, 0.1) is 0 Å². The maximum absolute atomic E-state index is 2.57. The van der Waals surface area contributed by atoms with Crippen molar-refractivity contribution in [2.24, 2.45) is 0 Å². The maximum Gasteiger partial charge on any atom is 0.0207 e. The number of nitrogens with zero attached hydrogens (tertiary/aromatic N) is 1. The van der Waals surface area contributed by atoms with Crippen LogP contribution in [0.15, 0.2) is 0 Å². The summed E-state index contributed by atoms with van der Waals surface area (Å²) in [6, 6.07) is 0. The van der Waals surface area contributed by atoms with Gasteiger partial charge in [0.15, 0.2) is 0 Å². The molecule has 0 aromatic carbocycles. The number of rotatable bonds is 0. The third-order valence-electron chi connectivity index (χ3n) is 3.23. The molecule has 0 aromatic rings. The van der Waals surface area contributed by atoms with Crippen LogP contribution in [-0.2, 0) is 0 Å². The van der Waals surface area contributed by atoms with E-state index in [1.165, 1.54) is 38.6 Å². The van der Waals surface area contributed by atoms with Crippen LogP contribution in [0.3, 0.4) is 0 Å². The van der Waals surface area contributed by atoms with Crippen molar-refractivity contribution in [3.63, 3.8) is 0 Å². The molecular weight excluding hydrogens is 134 g/mol. The Morgan fingerprint density at radius 2 is 1.55 bits per heavy atom. The van der Waals surface area contributed by atoms with E-state index in [1.807, 2.05) is 13.8 Å². The Kier molecular flexibility index (Phi) is 2.94. The second-order valence-corrected chi connectivity index (χ2v) is 3.60. The molecule has 0 aromatic heterocycles. The number of likely N-dealkylation sites (tertiary alicyclic amines) is 1. The maximum atomic E-state index is 2.57. The minimum atomic E-state index is 0.708. The summed E-state index contributed by atoms with van der Waals surface area (Å²) >= 11 is 0. The molecule has 1 aliphatic carbocycles. The number of hydrogen-bond donors (Lipinski definition) is 0. The van der Waals surface area contributed by atoms with Gasteiger partial charge in [0.2, 0.25) is 0 Å². The minimum Gasteiger partial charge on any atom is -0.301 e. The number of hydrogen-bond acceptors (Lipinski definition) is 1. The molecular formula is C10H21N. The fourth-order valence-corrected chi connectivity index (χ4v) is 2.29. The zero-order valence-electron chi connectivity index (χ0n) is 8.19. The molecule has 2 aliphatic rings. The van der Waals surface area contributed by atoms with Gasteiger partial charge in [-0.25, -0.2) is 0 Å². The van der Waals surface area contributed by atoms with Crippen molar-refractivity contribution in [2.75, 3.05) is 13.6 Å². The first-order chi connectivity index (χ1) is 5.33. The first-order valence-electron chi connectivity index (χ1n) is 5.05. The van der Waals surface area contributed by atoms with E-state index in [2.05, 4.69) is 11.9 Å². The summed E-state index contributed by atoms with van der Waals surface area (Å²) in [4.78, 5) is 2.57. The zero-order chi connectivity index (χ0) is 8.32. The Bertz CT molecular complexity index is 116. The van der Waals surface area contributed by atoms with Crippen LogP contribution in [0.5, 0.6) is 0 Å². The molecule has 1 heteroatoms. The minimum absolute atomic E-state index is 0.708. The highest BCUT2D eigenvalue weighted by atomic mass is 15.2. The van der Waals surface area contributed by atoms with Crippen molar-refractivity contribution < 1.29 is 0 Å². The topological polar surface area (TPSA) is 3.24 Å². The molecule has 1 aliphatic heterocycles. The highest BCUT2D eigenvalue weighted by molar-refractivity contribution is 5.00. The molecule has 0 bridgehead atoms. The van der Waals surface area contributed by atoms with Crippen LogP contribution in [0.2, 0.25) is 0 Å². The summed E-state index contributed by atoms with van der Waals surface area (Å²) in [6.45, 7) is 5.35. The van der Waals surface area contributed by atoms with Gasteiger partial charge in [-0.05, 0) is 45.7 Å². The van der Waals surface area contributed by atoms with Gasteiger partial charge in [-0.15, -0.1) is 0 Å². The van der Waals surface area contributed by atoms with Gasteiger partial charge < -0.3 is 4.90 Å². The molecule has 2 rings (SSSR count). The van der Waals surface area contributed by atoms with Crippen molar-refractivity contribution in [3.05, 3.63) is 0 Å². The van der Waals surface area contributed by atoms with E-state index in [0.29, 0.717) is 5.54 Å². The summed E-state index contributed by atoms with van der Waals surface area (Å²) in [5, 5.41) is 0. The molecule has 0 atom stereocenters. The van der Waals surface area contributed by atoms with Crippen molar-refractivity contribution >= 4 is 0 Å². The summed E-state index contributed by atoms with van der Waals surface area (Å²) in [5.74, 6) is 0. The molecule has 1 heterocycles. The Morgan fingerprint density at radius 1 is 1.00 bits per heavy atom. The second kappa shape index (κ2) is 3.57. The van der Waals surface area contributed by atoms with Crippen LogP contribution in [0, 0.1) is 0 Å². The Hall–Kier alpha value is -0.0400. The molecule has 2 fully saturated rings. The van der Waals surface area contributed by atoms with Crippen LogP contribution in [-0.4, -0.2) is 24.0 Å². The fourth-order valence-electron chi connectivity index (χ4n) is 2.29. The van der Waals surface area contributed by atoms with Crippen LogP contribution in [0.25, 0.3) is 0 Å². The standard InChI is InChI=1S/C8H15N.C2H6/c1-9-7-3-6-8(9)4-2-5-8;1-2/h2-7H2,1H3;1-2H3. The van der Waals surface area contributed by atoms with Crippen LogP contribution < -0.4 is 0 Å². The second-order valence-electron chi connectivity index (χ2n) is 3.60. The Balaban J connectivity index is 0.000000281. The Morgan fingerprint density at radius 3 is 1.73 bits per heavy atom. The third-order valence-corrected chi connectivity index (χ3v) is 3.23. The van der Waals surface area contributed by atoms with Crippen molar-refractivity contribution in [3.8, 4) is 0 Å². The fraction of sp³-hybridized carbons (Fsp3) is 1.00. The van der Waals surface area contributed by atoms with Gasteiger partial charge in [-0.3, -0.25) is 0 Å². The molecule has 66 valence electrons. The predicted molar refractivity (Wildman–Crippen MR) is 49.8 cm³/mol. The van der Waals surface area contributed by atoms with E-state index in [1.54, 1.807) is 0 Å². The van der Waals surface area contributed by atoms with E-state index in [0.717, 1.165) is 0 Å². The summed E-state index contributed by atoms with van der Waals surface area (Å²) < 4.78 is 0. The molecule has 1 saturated carbocycles. The van der Waals surface area contributed by atoms with Gasteiger partial charge in [0.25, 0.3) is 0 Å². The average Bonchev–Trinajstić information content (AvgIpc) is 2.34. The van der Waals surface area contributed by atoms with Crippen molar-refractivity contribution in [1.29, 1.82) is 0 Å². The molecule has 0 amide bonds. The highest BCUT2D eigenvalue weighted by Gasteiger charge is 2.43. The summed E-state index contributed by atoms with van der Waals surface area (Å²) in [6.07, 6.45) is 7.34. The van der Waals surface area contributed by atoms with Gasteiger partial charge in [-0.2, -0.15) is 0 Å². The average molecular weight is 155 g/mol. The van der Waals surface area contributed by atoms with Gasteiger partial charge >= 0.3 is 0 Å². The smallest absolute Gasteiger partial charge is 0.0207 e. The summed E-state index contributed by atoms with van der Waals surface area (Å²) in [7, 11) is 2.28. The zero-order valence-corrected chi connectivity index (χ0v) is 8.19. The quantitative estimate of drug-likeness (QED) is 0.520. The lowest BCUT2D eigenvalue weighted by Crippen LogP contribution is -2.46. The van der Waals surface area contributed by atoms with E-state index in [9.17, 15) is 0 Å². The van der Waals surface area contributed by atoms with Crippen LogP contribution >= 0.6 is 0 Å². The molecule has 0 unspecified atom stereocenters. The molecule has 0 N–H and O–H groups in total. The van der Waals surface area contributed by atoms with Gasteiger partial charge in [-0.1, -0.05) is 13.8 Å². The van der Waals surface area contributed by atoms with Crippen molar-refractivity contribution in [1.82, 2.24) is 4.90 Å². The van der Waals surface area contributed by atoms with Crippen molar-refractivity contribution in [2.45, 2.75) is 51.5 Å². The van der Waals surface area contributed by atoms with E-state index < -0.39 is 0 Å². The monoisotopic (exact) mass is 155 g/mol. The predicted octanol–water partition coefficient (Wildman–Crippen LogP) is 2.66. The largest absolute Gasteiger partial charge is 0.301 e. The van der Waals surface area contributed by atoms with Gasteiger partial charge in [0, 0.05) is 5.54 Å².